The van der Waals surface area contributed by atoms with Gasteiger partial charge in [0.25, 0.3) is 5.91 Å². The lowest BCUT2D eigenvalue weighted by Crippen LogP contribution is -2.27. The minimum Gasteiger partial charge on any atom is -0.482 e. The summed E-state index contributed by atoms with van der Waals surface area (Å²) in [5, 5.41) is 11.4. The molecule has 22 heavy (non-hydrogen) atoms. The number of nitrogens with one attached hydrogen (secondary N) is 1. The highest BCUT2D eigenvalue weighted by molar-refractivity contribution is 5.94. The largest absolute Gasteiger partial charge is 0.482 e. The minimum atomic E-state index is -1.06. The molecule has 1 aromatic heterocycles. The van der Waals surface area contributed by atoms with Crippen molar-refractivity contribution in [1.29, 1.82) is 0 Å². The molecule has 7 nitrogen and oxygen atoms in total. The number of carbonyl (C=O) groups excluding carboxylic acids is 1. The van der Waals surface area contributed by atoms with Crippen LogP contribution in [0.1, 0.15) is 16.2 Å². The minimum absolute atomic E-state index is 0.237. The molecule has 2 rings (SSSR count). The van der Waals surface area contributed by atoms with Crippen molar-refractivity contribution in [2.75, 3.05) is 13.2 Å². The van der Waals surface area contributed by atoms with Crippen molar-refractivity contribution in [2.45, 2.75) is 13.5 Å². The molecule has 0 saturated heterocycles. The van der Waals surface area contributed by atoms with Gasteiger partial charge in [0.05, 0.1) is 0 Å². The highest BCUT2D eigenvalue weighted by Gasteiger charge is 2.07. The van der Waals surface area contributed by atoms with Crippen LogP contribution in [0.15, 0.2) is 36.7 Å². The number of aliphatic carboxylic acids is 1. The monoisotopic (exact) mass is 303 g/mol. The molecule has 0 radical (unpaired) electrons. The predicted molar refractivity (Wildman–Crippen MR) is 78.9 cm³/mol. The standard InChI is InChI=1S/C15H17N3O4/c1-11-16-5-7-18(11)8-6-17-15(21)12-3-2-4-13(9-12)22-10-14(19)20/h2-5,7,9H,6,8,10H2,1H3,(H,17,21)(H,19,20). The number of carbonyl (C=O) groups is 2. The first kappa shape index (κ1) is 15.6. The number of aromatic nitrogens is 2. The van der Waals surface area contributed by atoms with Crippen molar-refractivity contribution in [3.05, 3.63) is 48.0 Å². The van der Waals surface area contributed by atoms with Crippen molar-refractivity contribution in [2.24, 2.45) is 0 Å². The van der Waals surface area contributed by atoms with Crippen LogP contribution < -0.4 is 10.1 Å². The van der Waals surface area contributed by atoms with E-state index in [2.05, 4.69) is 10.3 Å². The van der Waals surface area contributed by atoms with E-state index < -0.39 is 12.6 Å². The number of hydrogen-bond acceptors (Lipinski definition) is 4. The van der Waals surface area contributed by atoms with Crippen LogP contribution in [-0.4, -0.2) is 39.7 Å². The molecule has 0 unspecified atom stereocenters. The third-order valence-electron chi connectivity index (χ3n) is 3.02. The van der Waals surface area contributed by atoms with Gasteiger partial charge in [-0.05, 0) is 25.1 Å². The third kappa shape index (κ3) is 4.34. The van der Waals surface area contributed by atoms with Gasteiger partial charge in [0.15, 0.2) is 6.61 Å². The molecular formula is C15H17N3O4. The van der Waals surface area contributed by atoms with Gasteiger partial charge < -0.3 is 19.7 Å². The summed E-state index contributed by atoms with van der Waals surface area (Å²) in [7, 11) is 0. The number of carboxylic acid groups (broad SMARTS) is 1. The van der Waals surface area contributed by atoms with Gasteiger partial charge >= 0.3 is 5.97 Å². The fraction of sp³-hybridized carbons (Fsp3) is 0.267. The maximum absolute atomic E-state index is 12.0. The number of imidazole rings is 1. The average molecular weight is 303 g/mol. The van der Waals surface area contributed by atoms with Crippen LogP contribution in [-0.2, 0) is 11.3 Å². The summed E-state index contributed by atoms with van der Waals surface area (Å²) in [5.74, 6) is -0.0667. The van der Waals surface area contributed by atoms with Gasteiger partial charge in [-0.25, -0.2) is 9.78 Å². The Morgan fingerprint density at radius 1 is 1.41 bits per heavy atom. The van der Waals surface area contributed by atoms with Crippen molar-refractivity contribution in [1.82, 2.24) is 14.9 Å². The molecule has 0 aliphatic rings. The van der Waals surface area contributed by atoms with Gasteiger partial charge in [0.2, 0.25) is 0 Å². The van der Waals surface area contributed by atoms with E-state index in [1.165, 1.54) is 6.07 Å². The quantitative estimate of drug-likeness (QED) is 0.798. The Labute approximate surface area is 127 Å². The summed E-state index contributed by atoms with van der Waals surface area (Å²) >= 11 is 0. The van der Waals surface area contributed by atoms with E-state index in [1.54, 1.807) is 24.4 Å². The zero-order valence-corrected chi connectivity index (χ0v) is 12.2. The van der Waals surface area contributed by atoms with Crippen LogP contribution >= 0.6 is 0 Å². The molecule has 0 atom stereocenters. The lowest BCUT2D eigenvalue weighted by Gasteiger charge is -2.08. The number of amides is 1. The molecule has 0 aliphatic carbocycles. The summed E-state index contributed by atoms with van der Waals surface area (Å²) in [4.78, 5) is 26.6. The van der Waals surface area contributed by atoms with E-state index in [0.29, 0.717) is 24.4 Å². The SMILES string of the molecule is Cc1nccn1CCNC(=O)c1cccc(OCC(=O)O)c1. The molecule has 7 heteroatoms. The molecule has 0 spiro atoms. The van der Waals surface area contributed by atoms with E-state index in [1.807, 2.05) is 17.7 Å². The van der Waals surface area contributed by atoms with Crippen molar-refractivity contribution in [3.8, 4) is 5.75 Å². The van der Waals surface area contributed by atoms with E-state index >= 15 is 0 Å². The first-order valence-corrected chi connectivity index (χ1v) is 6.77. The molecule has 0 aliphatic heterocycles. The average Bonchev–Trinajstić information content (AvgIpc) is 2.91. The van der Waals surface area contributed by atoms with Gasteiger partial charge in [-0.15, -0.1) is 0 Å². The second-order valence-electron chi connectivity index (χ2n) is 4.63. The van der Waals surface area contributed by atoms with Crippen LogP contribution in [0.4, 0.5) is 0 Å². The first-order chi connectivity index (χ1) is 10.6. The number of aryl methyl sites for hydroxylation is 1. The Morgan fingerprint density at radius 3 is 2.91 bits per heavy atom. The van der Waals surface area contributed by atoms with Gasteiger partial charge in [0, 0.05) is 31.0 Å². The van der Waals surface area contributed by atoms with Gasteiger partial charge in [-0.1, -0.05) is 6.07 Å². The molecule has 0 saturated carbocycles. The van der Waals surface area contributed by atoms with Gasteiger partial charge in [-0.3, -0.25) is 4.79 Å². The Bertz CT molecular complexity index is 666. The summed E-state index contributed by atoms with van der Waals surface area (Å²) in [6.45, 7) is 2.55. The van der Waals surface area contributed by atoms with Crippen molar-refractivity contribution in [3.63, 3.8) is 0 Å². The zero-order chi connectivity index (χ0) is 15.9. The molecule has 2 aromatic rings. The fourth-order valence-corrected chi connectivity index (χ4v) is 1.90. The normalized spacial score (nSPS) is 10.2. The second-order valence-corrected chi connectivity index (χ2v) is 4.63. The Kier molecular flexibility index (Phi) is 5.13. The Morgan fingerprint density at radius 2 is 2.23 bits per heavy atom. The Hall–Kier alpha value is -2.83. The maximum Gasteiger partial charge on any atom is 0.341 e. The summed E-state index contributed by atoms with van der Waals surface area (Å²) in [6.07, 6.45) is 3.56. The van der Waals surface area contributed by atoms with E-state index in [0.717, 1.165) is 5.82 Å². The fourth-order valence-electron chi connectivity index (χ4n) is 1.90. The number of rotatable bonds is 7. The summed E-state index contributed by atoms with van der Waals surface area (Å²) < 4.78 is 6.98. The lowest BCUT2D eigenvalue weighted by atomic mass is 10.2. The number of carboxylic acids is 1. The zero-order valence-electron chi connectivity index (χ0n) is 12.2. The number of hydrogen-bond donors (Lipinski definition) is 2. The molecule has 116 valence electrons. The molecule has 0 fully saturated rings. The summed E-state index contributed by atoms with van der Waals surface area (Å²) in [5.41, 5.74) is 0.422. The number of ether oxygens (including phenoxy) is 1. The van der Waals surface area contributed by atoms with Crippen LogP contribution in [0.3, 0.4) is 0 Å². The summed E-state index contributed by atoms with van der Waals surface area (Å²) in [6, 6.07) is 6.41. The van der Waals surface area contributed by atoms with E-state index in [-0.39, 0.29) is 5.91 Å². The number of nitrogens with zero attached hydrogens (tertiary/aromatic N) is 2. The van der Waals surface area contributed by atoms with E-state index in [9.17, 15) is 9.59 Å². The predicted octanol–water partition coefficient (Wildman–Crippen LogP) is 1.08. The van der Waals surface area contributed by atoms with Crippen molar-refractivity contribution < 1.29 is 19.4 Å². The molecule has 0 bridgehead atoms. The molecule has 1 amide bonds. The molecular weight excluding hydrogens is 286 g/mol. The van der Waals surface area contributed by atoms with Gasteiger partial charge in [0.1, 0.15) is 11.6 Å². The molecule has 2 N–H and O–H groups in total. The van der Waals surface area contributed by atoms with Crippen LogP contribution in [0, 0.1) is 6.92 Å². The maximum atomic E-state index is 12.0. The molecule has 1 heterocycles. The lowest BCUT2D eigenvalue weighted by molar-refractivity contribution is -0.139. The third-order valence-corrected chi connectivity index (χ3v) is 3.02. The molecule has 1 aromatic carbocycles. The van der Waals surface area contributed by atoms with Crippen LogP contribution in [0.25, 0.3) is 0 Å². The smallest absolute Gasteiger partial charge is 0.341 e. The van der Waals surface area contributed by atoms with Crippen molar-refractivity contribution >= 4 is 11.9 Å². The highest BCUT2D eigenvalue weighted by Crippen LogP contribution is 2.13. The van der Waals surface area contributed by atoms with Crippen LogP contribution in [0.5, 0.6) is 5.75 Å². The Balaban J connectivity index is 1.88. The topological polar surface area (TPSA) is 93.5 Å². The van der Waals surface area contributed by atoms with E-state index in [4.69, 9.17) is 9.84 Å². The highest BCUT2D eigenvalue weighted by atomic mass is 16.5. The first-order valence-electron chi connectivity index (χ1n) is 6.77. The number of benzene rings is 1. The van der Waals surface area contributed by atoms with Crippen LogP contribution in [0.2, 0.25) is 0 Å². The van der Waals surface area contributed by atoms with Gasteiger partial charge in [-0.2, -0.15) is 0 Å². The second kappa shape index (κ2) is 7.26.